The average molecular weight is 487 g/mol. The molecule has 36 heavy (non-hydrogen) atoms. The van der Waals surface area contributed by atoms with Crippen molar-refractivity contribution in [3.05, 3.63) is 95.1 Å². The lowest BCUT2D eigenvalue weighted by Gasteiger charge is -2.32. The molecular weight excluding hydrogens is 448 g/mol. The Hall–Kier alpha value is -3.31. The average Bonchev–Trinajstić information content (AvgIpc) is 3.29. The highest BCUT2D eigenvalue weighted by Crippen LogP contribution is 2.35. The minimum absolute atomic E-state index is 0.101. The summed E-state index contributed by atoms with van der Waals surface area (Å²) in [5.41, 5.74) is 4.51. The van der Waals surface area contributed by atoms with Crippen LogP contribution in [0.3, 0.4) is 0 Å². The van der Waals surface area contributed by atoms with Crippen LogP contribution in [0.5, 0.6) is 11.5 Å². The second-order valence-corrected chi connectivity index (χ2v) is 10.1. The van der Waals surface area contributed by atoms with Gasteiger partial charge < -0.3 is 14.4 Å². The van der Waals surface area contributed by atoms with Gasteiger partial charge in [-0.2, -0.15) is 0 Å². The zero-order valence-electron chi connectivity index (χ0n) is 22.1. The number of hydrogen-bond acceptors (Lipinski definition) is 4. The minimum atomic E-state index is 0.101. The van der Waals surface area contributed by atoms with E-state index in [2.05, 4.69) is 62.1 Å². The minimum Gasteiger partial charge on any atom is -0.497 e. The van der Waals surface area contributed by atoms with Gasteiger partial charge in [-0.15, -0.1) is 0 Å². The summed E-state index contributed by atoms with van der Waals surface area (Å²) < 4.78 is 11.0. The van der Waals surface area contributed by atoms with Crippen LogP contribution in [0.2, 0.25) is 0 Å². The Bertz CT molecular complexity index is 1120. The van der Waals surface area contributed by atoms with Gasteiger partial charge in [-0.25, -0.2) is 0 Å². The molecule has 3 aromatic rings. The van der Waals surface area contributed by atoms with E-state index in [-0.39, 0.29) is 11.9 Å². The second-order valence-electron chi connectivity index (χ2n) is 10.1. The highest BCUT2D eigenvalue weighted by Gasteiger charge is 2.36. The molecule has 1 heterocycles. The number of ether oxygens (including phenoxy) is 2. The number of carbonyl (C=O) groups is 1. The molecule has 1 saturated heterocycles. The lowest BCUT2D eigenvalue weighted by atomic mass is 9.88. The summed E-state index contributed by atoms with van der Waals surface area (Å²) in [4.78, 5) is 18.0. The first-order valence-electron chi connectivity index (χ1n) is 12.7. The number of amides is 1. The molecule has 0 bridgehead atoms. The fraction of sp³-hybridized carbons (Fsp3) is 0.387. The molecule has 1 amide bonds. The summed E-state index contributed by atoms with van der Waals surface area (Å²) in [6.45, 7) is 9.73. The number of hydrogen-bond donors (Lipinski definition) is 0. The quantitative estimate of drug-likeness (QED) is 0.385. The van der Waals surface area contributed by atoms with Crippen LogP contribution in [0, 0.1) is 12.8 Å². The van der Waals surface area contributed by atoms with Gasteiger partial charge in [0.1, 0.15) is 11.5 Å². The maximum atomic E-state index is 13.5. The fourth-order valence-electron chi connectivity index (χ4n) is 5.21. The van der Waals surface area contributed by atoms with E-state index in [0.29, 0.717) is 11.8 Å². The maximum absolute atomic E-state index is 13.5. The predicted molar refractivity (Wildman–Crippen MR) is 145 cm³/mol. The number of methoxy groups -OCH3 is 2. The van der Waals surface area contributed by atoms with Crippen LogP contribution in [0.1, 0.15) is 46.8 Å². The summed E-state index contributed by atoms with van der Waals surface area (Å²) in [6, 6.07) is 24.7. The molecule has 0 aliphatic carbocycles. The molecule has 1 aliphatic heterocycles. The fourth-order valence-corrected chi connectivity index (χ4v) is 5.21. The molecule has 190 valence electrons. The first kappa shape index (κ1) is 25.8. The topological polar surface area (TPSA) is 42.0 Å². The number of rotatable bonds is 9. The molecule has 4 rings (SSSR count). The molecule has 1 fully saturated rings. The third kappa shape index (κ3) is 6.08. The molecular formula is C31H38N2O3. The van der Waals surface area contributed by atoms with E-state index >= 15 is 0 Å². The normalized spacial score (nSPS) is 17.8. The maximum Gasteiger partial charge on any atom is 0.254 e. The van der Waals surface area contributed by atoms with Crippen molar-refractivity contribution in [2.75, 3.05) is 33.9 Å². The van der Waals surface area contributed by atoms with Crippen molar-refractivity contribution in [2.24, 2.45) is 5.92 Å². The number of nitrogens with zero attached hydrogens (tertiary/aromatic N) is 2. The lowest BCUT2D eigenvalue weighted by Crippen LogP contribution is -2.42. The summed E-state index contributed by atoms with van der Waals surface area (Å²) in [7, 11) is 3.37. The SMILES string of the molecule is COc1cc(CN2C[C@H](CN(C(=O)c3ccccc3)C(C)C)[C@H](c3ccc(C)cc3)C2)cc(OC)c1. The third-order valence-electron chi connectivity index (χ3n) is 7.18. The van der Waals surface area contributed by atoms with Crippen LogP contribution in [0.4, 0.5) is 0 Å². The molecule has 1 aliphatic rings. The molecule has 0 radical (unpaired) electrons. The summed E-state index contributed by atoms with van der Waals surface area (Å²) in [6.07, 6.45) is 0. The van der Waals surface area contributed by atoms with Crippen LogP contribution in [0.15, 0.2) is 72.8 Å². The van der Waals surface area contributed by atoms with Crippen molar-refractivity contribution in [2.45, 2.75) is 39.3 Å². The van der Waals surface area contributed by atoms with E-state index in [1.807, 2.05) is 41.3 Å². The Balaban J connectivity index is 1.59. The first-order chi connectivity index (χ1) is 17.4. The van der Waals surface area contributed by atoms with Gasteiger partial charge >= 0.3 is 0 Å². The van der Waals surface area contributed by atoms with Crippen LogP contribution >= 0.6 is 0 Å². The zero-order valence-corrected chi connectivity index (χ0v) is 22.1. The van der Waals surface area contributed by atoms with Crippen molar-refractivity contribution < 1.29 is 14.3 Å². The van der Waals surface area contributed by atoms with E-state index in [4.69, 9.17) is 9.47 Å². The van der Waals surface area contributed by atoms with E-state index in [9.17, 15) is 4.79 Å². The Kier molecular flexibility index (Phi) is 8.32. The van der Waals surface area contributed by atoms with Crippen molar-refractivity contribution in [3.8, 4) is 11.5 Å². The first-order valence-corrected chi connectivity index (χ1v) is 12.7. The van der Waals surface area contributed by atoms with Gasteiger partial charge in [0.25, 0.3) is 5.91 Å². The van der Waals surface area contributed by atoms with Crippen LogP contribution in [-0.4, -0.2) is 55.6 Å². The molecule has 5 heteroatoms. The molecule has 5 nitrogen and oxygen atoms in total. The summed E-state index contributed by atoms with van der Waals surface area (Å²) >= 11 is 0. The third-order valence-corrected chi connectivity index (χ3v) is 7.18. The molecule has 0 saturated carbocycles. The Morgan fingerprint density at radius 2 is 1.58 bits per heavy atom. The largest absolute Gasteiger partial charge is 0.497 e. The van der Waals surface area contributed by atoms with Gasteiger partial charge in [0.05, 0.1) is 14.2 Å². The Labute approximate surface area is 215 Å². The molecule has 0 N–H and O–H groups in total. The molecule has 0 unspecified atom stereocenters. The van der Waals surface area contributed by atoms with Crippen LogP contribution in [-0.2, 0) is 6.54 Å². The summed E-state index contributed by atoms with van der Waals surface area (Å²) in [5.74, 6) is 2.38. The van der Waals surface area contributed by atoms with Gasteiger partial charge in [0.15, 0.2) is 0 Å². The number of carbonyl (C=O) groups excluding carboxylic acids is 1. The predicted octanol–water partition coefficient (Wildman–Crippen LogP) is 5.78. The Morgan fingerprint density at radius 3 is 2.17 bits per heavy atom. The van der Waals surface area contributed by atoms with Gasteiger partial charge in [-0.3, -0.25) is 9.69 Å². The van der Waals surface area contributed by atoms with E-state index in [1.54, 1.807) is 14.2 Å². The Morgan fingerprint density at radius 1 is 0.944 bits per heavy atom. The number of benzene rings is 3. The molecule has 3 aromatic carbocycles. The van der Waals surface area contributed by atoms with E-state index in [1.165, 1.54) is 11.1 Å². The highest BCUT2D eigenvalue weighted by atomic mass is 16.5. The highest BCUT2D eigenvalue weighted by molar-refractivity contribution is 5.94. The smallest absolute Gasteiger partial charge is 0.254 e. The standard InChI is InChI=1S/C31H38N2O3/c1-22(2)33(31(34)26-9-7-6-8-10-26)20-27-19-32(21-30(27)25-13-11-23(3)12-14-25)18-24-15-28(35-4)17-29(16-24)36-5/h6-17,22,27,30H,18-21H2,1-5H3/t27-,30+/m1/s1. The molecule has 0 spiro atoms. The van der Waals surface area contributed by atoms with Crippen LogP contribution in [0.25, 0.3) is 0 Å². The van der Waals surface area contributed by atoms with E-state index < -0.39 is 0 Å². The molecule has 2 atom stereocenters. The van der Waals surface area contributed by atoms with Crippen molar-refractivity contribution in [3.63, 3.8) is 0 Å². The van der Waals surface area contributed by atoms with Crippen molar-refractivity contribution >= 4 is 5.91 Å². The number of likely N-dealkylation sites (tertiary alicyclic amines) is 1. The number of aryl methyl sites for hydroxylation is 1. The van der Waals surface area contributed by atoms with Crippen molar-refractivity contribution in [1.29, 1.82) is 0 Å². The van der Waals surface area contributed by atoms with E-state index in [0.717, 1.165) is 48.8 Å². The van der Waals surface area contributed by atoms with Gasteiger partial charge in [-0.1, -0.05) is 48.0 Å². The van der Waals surface area contributed by atoms with Crippen molar-refractivity contribution in [1.82, 2.24) is 9.80 Å². The zero-order chi connectivity index (χ0) is 25.7. The lowest BCUT2D eigenvalue weighted by molar-refractivity contribution is 0.0668. The summed E-state index contributed by atoms with van der Waals surface area (Å²) in [5, 5.41) is 0. The van der Waals surface area contributed by atoms with Gasteiger partial charge in [-0.05, 0) is 62.1 Å². The van der Waals surface area contributed by atoms with Crippen LogP contribution < -0.4 is 9.47 Å². The second kappa shape index (κ2) is 11.6. The molecule has 0 aromatic heterocycles. The van der Waals surface area contributed by atoms with Gasteiger partial charge in [0, 0.05) is 49.8 Å². The monoisotopic (exact) mass is 486 g/mol. The van der Waals surface area contributed by atoms with Gasteiger partial charge in [0.2, 0.25) is 0 Å².